The third kappa shape index (κ3) is 4.66. The zero-order chi connectivity index (χ0) is 24.1. The standard InChI is InChI=1S/C25H27F3N2O4/c1-24(2)22(29-23(31)32-21-14-30-10-8-15(21)9-11-30)19-7-6-17(13-20(19)34-24)16-4-3-5-18(12-16)33-25(26,27)28/h3-7,12-13,15,21-22H,8-11,14H2,1-2H3,(H,29,31)/t21-,22?/m0/s1. The van der Waals surface area contributed by atoms with Crippen molar-refractivity contribution in [1.82, 2.24) is 10.2 Å². The fraction of sp³-hybridized carbons (Fsp3) is 0.480. The SMILES string of the molecule is CC1(C)Oc2cc(-c3cccc(OC(F)(F)F)c3)ccc2C1NC(=O)O[C@H]1CN2CCC1CC2. The Bertz CT molecular complexity index is 1080. The molecule has 2 atom stereocenters. The molecule has 1 amide bonds. The molecular weight excluding hydrogens is 449 g/mol. The summed E-state index contributed by atoms with van der Waals surface area (Å²) in [5, 5.41) is 2.98. The summed E-state index contributed by atoms with van der Waals surface area (Å²) in [6, 6.07) is 10.8. The van der Waals surface area contributed by atoms with Crippen molar-refractivity contribution in [3.05, 3.63) is 48.0 Å². The number of hydrogen-bond donors (Lipinski definition) is 1. The van der Waals surface area contributed by atoms with Gasteiger partial charge in [0.2, 0.25) is 0 Å². The molecule has 2 aromatic carbocycles. The van der Waals surface area contributed by atoms with Gasteiger partial charge in [-0.3, -0.25) is 4.90 Å². The van der Waals surface area contributed by atoms with E-state index in [1.165, 1.54) is 18.2 Å². The summed E-state index contributed by atoms with van der Waals surface area (Å²) < 4.78 is 53.7. The first-order valence-corrected chi connectivity index (χ1v) is 11.5. The van der Waals surface area contributed by atoms with Crippen molar-refractivity contribution in [2.45, 2.75) is 50.8 Å². The topological polar surface area (TPSA) is 60.0 Å². The van der Waals surface area contributed by atoms with Crippen LogP contribution >= 0.6 is 0 Å². The van der Waals surface area contributed by atoms with Crippen molar-refractivity contribution in [2.24, 2.45) is 5.92 Å². The van der Waals surface area contributed by atoms with E-state index in [1.54, 1.807) is 18.2 Å². The first kappa shape index (κ1) is 22.8. The van der Waals surface area contributed by atoms with Gasteiger partial charge in [-0.15, -0.1) is 13.2 Å². The molecule has 4 aliphatic rings. The van der Waals surface area contributed by atoms with Crippen molar-refractivity contribution in [3.8, 4) is 22.6 Å². The third-order valence-corrected chi connectivity index (χ3v) is 6.91. The quantitative estimate of drug-likeness (QED) is 0.650. The molecule has 0 aromatic heterocycles. The Morgan fingerprint density at radius 3 is 2.53 bits per heavy atom. The van der Waals surface area contributed by atoms with Gasteiger partial charge in [-0.05, 0) is 75.0 Å². The number of rotatable bonds is 4. The van der Waals surface area contributed by atoms with Crippen molar-refractivity contribution in [3.63, 3.8) is 0 Å². The van der Waals surface area contributed by atoms with Crippen LogP contribution in [-0.4, -0.2) is 48.7 Å². The molecule has 0 spiro atoms. The van der Waals surface area contributed by atoms with E-state index in [0.717, 1.165) is 38.0 Å². The maximum Gasteiger partial charge on any atom is 0.573 e. The number of fused-ring (bicyclic) bond motifs is 4. The van der Waals surface area contributed by atoms with E-state index in [9.17, 15) is 18.0 Å². The summed E-state index contributed by atoms with van der Waals surface area (Å²) in [5.74, 6) is 0.690. The Labute approximate surface area is 196 Å². The highest BCUT2D eigenvalue weighted by molar-refractivity contribution is 5.71. The molecule has 4 heterocycles. The van der Waals surface area contributed by atoms with E-state index in [2.05, 4.69) is 15.0 Å². The highest BCUT2D eigenvalue weighted by atomic mass is 19.4. The van der Waals surface area contributed by atoms with Crippen molar-refractivity contribution < 1.29 is 32.2 Å². The normalized spacial score (nSPS) is 27.0. The zero-order valence-electron chi connectivity index (χ0n) is 19.0. The van der Waals surface area contributed by atoms with Gasteiger partial charge in [0.1, 0.15) is 29.2 Å². The molecule has 0 aliphatic carbocycles. The van der Waals surface area contributed by atoms with Gasteiger partial charge in [0.15, 0.2) is 0 Å². The number of halogens is 3. The smallest absolute Gasteiger partial charge is 0.485 e. The van der Waals surface area contributed by atoms with Crippen LogP contribution in [0.5, 0.6) is 11.5 Å². The summed E-state index contributed by atoms with van der Waals surface area (Å²) >= 11 is 0. The number of piperidine rings is 3. The average Bonchev–Trinajstić information content (AvgIpc) is 3.02. The fourth-order valence-electron chi connectivity index (χ4n) is 5.22. The number of nitrogens with one attached hydrogen (secondary N) is 1. The van der Waals surface area contributed by atoms with Crippen LogP contribution in [-0.2, 0) is 4.74 Å². The number of carbonyl (C=O) groups is 1. The van der Waals surface area contributed by atoms with Crippen LogP contribution in [0, 0.1) is 5.92 Å². The summed E-state index contributed by atoms with van der Waals surface area (Å²) in [4.78, 5) is 15.1. The first-order valence-electron chi connectivity index (χ1n) is 11.5. The molecule has 3 fully saturated rings. The Morgan fingerprint density at radius 1 is 1.12 bits per heavy atom. The Kier molecular flexibility index (Phi) is 5.62. The van der Waals surface area contributed by atoms with Gasteiger partial charge in [-0.1, -0.05) is 24.3 Å². The summed E-state index contributed by atoms with van der Waals surface area (Å²) in [6.07, 6.45) is -3.21. The number of carbonyl (C=O) groups excluding carboxylic acids is 1. The van der Waals surface area contributed by atoms with Crippen LogP contribution < -0.4 is 14.8 Å². The average molecular weight is 476 g/mol. The van der Waals surface area contributed by atoms with Gasteiger partial charge in [-0.2, -0.15) is 0 Å². The van der Waals surface area contributed by atoms with Crippen molar-refractivity contribution in [2.75, 3.05) is 19.6 Å². The lowest BCUT2D eigenvalue weighted by Crippen LogP contribution is -2.53. The van der Waals surface area contributed by atoms with Crippen molar-refractivity contribution in [1.29, 1.82) is 0 Å². The minimum absolute atomic E-state index is 0.0963. The Morgan fingerprint density at radius 2 is 1.85 bits per heavy atom. The van der Waals surface area contributed by atoms with Crippen LogP contribution in [0.25, 0.3) is 11.1 Å². The Balaban J connectivity index is 1.32. The molecule has 1 unspecified atom stereocenters. The number of hydrogen-bond acceptors (Lipinski definition) is 5. The molecule has 1 N–H and O–H groups in total. The van der Waals surface area contributed by atoms with Crippen LogP contribution in [0.15, 0.2) is 42.5 Å². The molecule has 4 aliphatic heterocycles. The molecule has 6 rings (SSSR count). The van der Waals surface area contributed by atoms with Gasteiger partial charge < -0.3 is 19.5 Å². The van der Waals surface area contributed by atoms with Gasteiger partial charge in [0.05, 0.1) is 0 Å². The molecule has 0 saturated carbocycles. The number of amides is 1. The molecule has 2 bridgehead atoms. The number of alkyl halides is 3. The third-order valence-electron chi connectivity index (χ3n) is 6.91. The summed E-state index contributed by atoms with van der Waals surface area (Å²) in [5.41, 5.74) is 1.31. The number of benzene rings is 2. The highest BCUT2D eigenvalue weighted by Gasteiger charge is 2.44. The lowest BCUT2D eigenvalue weighted by Gasteiger charge is -2.44. The molecule has 34 heavy (non-hydrogen) atoms. The number of nitrogens with zero attached hydrogens (tertiary/aromatic N) is 1. The second-order valence-corrected chi connectivity index (χ2v) is 9.69. The van der Waals surface area contributed by atoms with Crippen LogP contribution in [0.3, 0.4) is 0 Å². The predicted molar refractivity (Wildman–Crippen MR) is 119 cm³/mol. The molecule has 9 heteroatoms. The lowest BCUT2D eigenvalue weighted by atomic mass is 9.86. The minimum Gasteiger partial charge on any atom is -0.485 e. The van der Waals surface area contributed by atoms with E-state index in [4.69, 9.17) is 9.47 Å². The molecule has 6 nitrogen and oxygen atoms in total. The van der Waals surface area contributed by atoms with Crippen LogP contribution in [0.2, 0.25) is 0 Å². The number of ether oxygens (including phenoxy) is 3. The minimum atomic E-state index is -4.76. The lowest BCUT2D eigenvalue weighted by molar-refractivity contribution is -0.274. The predicted octanol–water partition coefficient (Wildman–Crippen LogP) is 5.28. The van der Waals surface area contributed by atoms with Crippen molar-refractivity contribution >= 4 is 6.09 Å². The molecular formula is C25H27F3N2O4. The molecule has 2 aromatic rings. The second-order valence-electron chi connectivity index (χ2n) is 9.69. The van der Waals surface area contributed by atoms with E-state index >= 15 is 0 Å². The van der Waals surface area contributed by atoms with Gasteiger partial charge >= 0.3 is 12.5 Å². The Hall–Kier alpha value is -2.94. The summed E-state index contributed by atoms with van der Waals surface area (Å²) in [6.45, 7) is 6.67. The van der Waals surface area contributed by atoms with E-state index in [-0.39, 0.29) is 11.9 Å². The molecule has 0 radical (unpaired) electrons. The number of alkyl carbamates (subject to hydrolysis) is 1. The van der Waals surface area contributed by atoms with Crippen LogP contribution in [0.1, 0.15) is 38.3 Å². The van der Waals surface area contributed by atoms with Crippen LogP contribution in [0.4, 0.5) is 18.0 Å². The second kappa shape index (κ2) is 8.37. The monoisotopic (exact) mass is 476 g/mol. The van der Waals surface area contributed by atoms with Gasteiger partial charge in [0, 0.05) is 12.1 Å². The summed E-state index contributed by atoms with van der Waals surface area (Å²) in [7, 11) is 0. The van der Waals surface area contributed by atoms with Gasteiger partial charge in [0.25, 0.3) is 0 Å². The zero-order valence-corrected chi connectivity index (χ0v) is 19.0. The molecule has 182 valence electrons. The van der Waals surface area contributed by atoms with E-state index < -0.39 is 24.1 Å². The van der Waals surface area contributed by atoms with Gasteiger partial charge in [-0.25, -0.2) is 4.79 Å². The highest BCUT2D eigenvalue weighted by Crippen LogP contribution is 2.45. The maximum absolute atomic E-state index is 12.8. The first-order chi connectivity index (χ1) is 16.1. The maximum atomic E-state index is 12.8. The molecule has 3 saturated heterocycles. The largest absolute Gasteiger partial charge is 0.573 e. The fourth-order valence-corrected chi connectivity index (χ4v) is 5.22. The van der Waals surface area contributed by atoms with E-state index in [1.807, 2.05) is 19.9 Å². The van der Waals surface area contributed by atoms with E-state index in [0.29, 0.717) is 22.8 Å².